The van der Waals surface area contributed by atoms with E-state index >= 15 is 0 Å². The maximum absolute atomic E-state index is 13.1. The Labute approximate surface area is 200 Å². The highest BCUT2D eigenvalue weighted by Gasteiger charge is 2.25. The molecule has 0 aliphatic rings. The molecule has 3 aromatic rings. The van der Waals surface area contributed by atoms with Crippen LogP contribution in [0, 0.1) is 0 Å². The Bertz CT molecular complexity index is 1310. The van der Waals surface area contributed by atoms with E-state index in [4.69, 9.17) is 28.1 Å². The zero-order chi connectivity index (χ0) is 25.7. The fourth-order valence-corrected chi connectivity index (χ4v) is 3.05. The van der Waals surface area contributed by atoms with E-state index in [1.807, 2.05) is 0 Å². The lowest BCUT2D eigenvalue weighted by atomic mass is 10.1. The fraction of sp³-hybridized carbons (Fsp3) is 0.280. The van der Waals surface area contributed by atoms with E-state index in [2.05, 4.69) is 0 Å². The van der Waals surface area contributed by atoms with E-state index in [0.717, 1.165) is 0 Å². The van der Waals surface area contributed by atoms with Gasteiger partial charge < -0.3 is 28.1 Å². The Hall–Kier alpha value is -4.18. The molecule has 3 rings (SSSR count). The molecule has 0 N–H and O–H groups in total. The molecule has 184 valence electrons. The van der Waals surface area contributed by atoms with Crippen LogP contribution < -0.4 is 19.6 Å². The van der Waals surface area contributed by atoms with Crippen molar-refractivity contribution in [1.29, 1.82) is 0 Å². The topological polar surface area (TPSA) is 128 Å². The Morgan fingerprint density at radius 2 is 1.57 bits per heavy atom. The molecule has 0 aliphatic carbocycles. The van der Waals surface area contributed by atoms with Gasteiger partial charge >= 0.3 is 17.9 Å². The molecule has 0 saturated carbocycles. The maximum atomic E-state index is 13.1. The second-order valence-corrected chi connectivity index (χ2v) is 7.47. The first kappa shape index (κ1) is 25.4. The third-order valence-electron chi connectivity index (χ3n) is 5.01. The van der Waals surface area contributed by atoms with Gasteiger partial charge in [-0.05, 0) is 37.6 Å². The summed E-state index contributed by atoms with van der Waals surface area (Å²) in [6.07, 6.45) is -0.785. The van der Waals surface area contributed by atoms with E-state index in [-0.39, 0.29) is 33.5 Å². The highest BCUT2D eigenvalue weighted by atomic mass is 16.6. The highest BCUT2D eigenvalue weighted by molar-refractivity contribution is 5.87. The molecule has 10 nitrogen and oxygen atoms in total. The van der Waals surface area contributed by atoms with Crippen molar-refractivity contribution in [3.05, 3.63) is 52.9 Å². The van der Waals surface area contributed by atoms with Crippen molar-refractivity contribution >= 4 is 28.9 Å². The number of hydrogen-bond donors (Lipinski definition) is 0. The number of benzene rings is 2. The SMILES string of the molecule is COc1cc2c(=O)c(-c3ccc(OC(C)=O)cc3)coc2cc1OC(=O)C(C)OC(=O)C(C)OC. The summed E-state index contributed by atoms with van der Waals surface area (Å²) in [7, 11) is 2.69. The Morgan fingerprint density at radius 1 is 0.886 bits per heavy atom. The van der Waals surface area contributed by atoms with Gasteiger partial charge in [-0.15, -0.1) is 0 Å². The monoisotopic (exact) mass is 484 g/mol. The van der Waals surface area contributed by atoms with Gasteiger partial charge in [-0.1, -0.05) is 12.1 Å². The van der Waals surface area contributed by atoms with E-state index in [9.17, 15) is 19.2 Å². The number of esters is 3. The zero-order valence-electron chi connectivity index (χ0n) is 19.8. The summed E-state index contributed by atoms with van der Waals surface area (Å²) in [4.78, 5) is 48.5. The second-order valence-electron chi connectivity index (χ2n) is 7.47. The fourth-order valence-electron chi connectivity index (χ4n) is 3.05. The van der Waals surface area contributed by atoms with Crippen LogP contribution in [0.1, 0.15) is 20.8 Å². The van der Waals surface area contributed by atoms with Crippen LogP contribution in [0.5, 0.6) is 17.2 Å². The first-order valence-corrected chi connectivity index (χ1v) is 10.5. The van der Waals surface area contributed by atoms with Crippen LogP contribution in [0.15, 0.2) is 51.9 Å². The number of fused-ring (bicyclic) bond motifs is 1. The average Bonchev–Trinajstić information content (AvgIpc) is 2.83. The lowest BCUT2D eigenvalue weighted by Gasteiger charge is -2.16. The first-order valence-electron chi connectivity index (χ1n) is 10.5. The molecule has 0 radical (unpaired) electrons. The van der Waals surface area contributed by atoms with Crippen molar-refractivity contribution in [2.75, 3.05) is 14.2 Å². The van der Waals surface area contributed by atoms with Crippen LogP contribution in [-0.4, -0.2) is 44.3 Å². The summed E-state index contributed by atoms with van der Waals surface area (Å²) in [6, 6.07) is 9.10. The standard InChI is InChI=1S/C25H24O10/c1-13(30-4)24(28)33-14(2)25(29)35-22-11-20-18(10-21(22)31-5)23(27)19(12-32-20)16-6-8-17(9-7-16)34-15(3)26/h6-14H,1-5H3. The van der Waals surface area contributed by atoms with Crippen LogP contribution >= 0.6 is 0 Å². The zero-order valence-corrected chi connectivity index (χ0v) is 19.8. The van der Waals surface area contributed by atoms with Crippen LogP contribution in [0.2, 0.25) is 0 Å². The minimum atomic E-state index is -1.22. The van der Waals surface area contributed by atoms with Crippen LogP contribution in [0.3, 0.4) is 0 Å². The average molecular weight is 484 g/mol. The minimum absolute atomic E-state index is 0.0191. The van der Waals surface area contributed by atoms with Crippen LogP contribution in [0.25, 0.3) is 22.1 Å². The molecule has 2 unspecified atom stereocenters. The summed E-state index contributed by atoms with van der Waals surface area (Å²) < 4.78 is 31.2. The van der Waals surface area contributed by atoms with Gasteiger partial charge in [0, 0.05) is 20.1 Å². The minimum Gasteiger partial charge on any atom is -0.493 e. The maximum Gasteiger partial charge on any atom is 0.352 e. The number of hydrogen-bond acceptors (Lipinski definition) is 10. The first-order chi connectivity index (χ1) is 16.6. The molecule has 1 aromatic heterocycles. The molecule has 2 atom stereocenters. The summed E-state index contributed by atoms with van der Waals surface area (Å²) in [5.74, 6) is -1.61. The lowest BCUT2D eigenvalue weighted by molar-refractivity contribution is -0.168. The third-order valence-corrected chi connectivity index (χ3v) is 5.01. The predicted molar refractivity (Wildman–Crippen MR) is 123 cm³/mol. The Kier molecular flexibility index (Phi) is 7.87. The van der Waals surface area contributed by atoms with Gasteiger partial charge in [0.25, 0.3) is 0 Å². The Balaban J connectivity index is 1.89. The normalized spacial score (nSPS) is 12.5. The van der Waals surface area contributed by atoms with E-state index in [0.29, 0.717) is 11.3 Å². The number of ether oxygens (including phenoxy) is 5. The smallest absolute Gasteiger partial charge is 0.352 e. The summed E-state index contributed by atoms with van der Waals surface area (Å²) in [5, 5.41) is 0.191. The number of carbonyl (C=O) groups excluding carboxylic acids is 3. The molecule has 0 spiro atoms. The van der Waals surface area contributed by atoms with Crippen molar-refractivity contribution in [2.24, 2.45) is 0 Å². The van der Waals surface area contributed by atoms with Crippen molar-refractivity contribution in [2.45, 2.75) is 33.0 Å². The number of rotatable bonds is 8. The van der Waals surface area contributed by atoms with Gasteiger partial charge in [0.05, 0.1) is 18.1 Å². The predicted octanol–water partition coefficient (Wildman–Crippen LogP) is 3.27. The van der Waals surface area contributed by atoms with Gasteiger partial charge in [-0.25, -0.2) is 9.59 Å². The summed E-state index contributed by atoms with van der Waals surface area (Å²) >= 11 is 0. The van der Waals surface area contributed by atoms with Crippen molar-refractivity contribution in [1.82, 2.24) is 0 Å². The molecule has 1 heterocycles. The third kappa shape index (κ3) is 5.85. The van der Waals surface area contributed by atoms with Crippen LogP contribution in [0.4, 0.5) is 0 Å². The molecular formula is C25H24O10. The Morgan fingerprint density at radius 3 is 2.17 bits per heavy atom. The van der Waals surface area contributed by atoms with Crippen molar-refractivity contribution in [3.8, 4) is 28.4 Å². The number of carbonyl (C=O) groups is 3. The number of methoxy groups -OCH3 is 2. The molecule has 0 amide bonds. The quantitative estimate of drug-likeness (QED) is 0.347. The molecule has 10 heteroatoms. The molecule has 0 fully saturated rings. The molecule has 0 aliphatic heterocycles. The second kappa shape index (κ2) is 10.8. The van der Waals surface area contributed by atoms with E-state index in [1.165, 1.54) is 53.4 Å². The molecule has 35 heavy (non-hydrogen) atoms. The van der Waals surface area contributed by atoms with Gasteiger partial charge in [-0.3, -0.25) is 9.59 Å². The largest absolute Gasteiger partial charge is 0.493 e. The van der Waals surface area contributed by atoms with Gasteiger partial charge in [0.15, 0.2) is 23.7 Å². The van der Waals surface area contributed by atoms with Gasteiger partial charge in [-0.2, -0.15) is 0 Å². The van der Waals surface area contributed by atoms with E-state index in [1.54, 1.807) is 24.3 Å². The molecule has 0 saturated heterocycles. The molecule has 0 bridgehead atoms. The van der Waals surface area contributed by atoms with Crippen molar-refractivity contribution < 1.29 is 42.5 Å². The highest BCUT2D eigenvalue weighted by Crippen LogP contribution is 2.33. The van der Waals surface area contributed by atoms with Gasteiger partial charge in [0.2, 0.25) is 5.43 Å². The van der Waals surface area contributed by atoms with E-state index < -0.39 is 30.1 Å². The summed E-state index contributed by atoms with van der Waals surface area (Å²) in [5.41, 5.74) is 0.619. The van der Waals surface area contributed by atoms with Gasteiger partial charge in [0.1, 0.15) is 17.6 Å². The summed E-state index contributed by atoms with van der Waals surface area (Å²) in [6.45, 7) is 4.13. The molecule has 2 aromatic carbocycles. The molecular weight excluding hydrogens is 460 g/mol. The lowest BCUT2D eigenvalue weighted by Crippen LogP contribution is -2.32. The van der Waals surface area contributed by atoms with Crippen LogP contribution in [-0.2, 0) is 23.9 Å². The van der Waals surface area contributed by atoms with Crippen molar-refractivity contribution in [3.63, 3.8) is 0 Å².